The van der Waals surface area contributed by atoms with Gasteiger partial charge in [-0.05, 0) is 116 Å². The molecule has 272 valence electrons. The minimum absolute atomic E-state index is 0.110. The third-order valence-electron chi connectivity index (χ3n) is 14.8. The molecule has 1 heterocycles. The number of rotatable bonds is 9. The summed E-state index contributed by atoms with van der Waals surface area (Å²) in [5.41, 5.74) is -1.97. The predicted octanol–water partition coefficient (Wildman–Crippen LogP) is 2.76. The Hall–Kier alpha value is -0.700. The standard InChI is InChI=1S/C36H62O11/c1-18(2)22(47-44)10-14-36(8,46-31-29(43)28(42)27(41)23(17-37)45-31)19-9-13-34(6)26(19)20(38)15-24-33(5)12-11-25(40)32(3,4)30(33)21(39)16-35(24,34)7/h19-31,37-44H,1,9-17H2,2-8H3. The molecule has 17 atom stereocenters. The Morgan fingerprint density at radius 1 is 0.936 bits per heavy atom. The Balaban J connectivity index is 1.52. The first kappa shape index (κ1) is 37.6. The fraction of sp³-hybridized carbons (Fsp3) is 0.944. The number of hydrogen-bond donors (Lipinski definition) is 8. The van der Waals surface area contributed by atoms with Crippen LogP contribution in [0.15, 0.2) is 12.2 Å². The second-order valence-electron chi connectivity index (χ2n) is 17.6. The summed E-state index contributed by atoms with van der Waals surface area (Å²) in [5.74, 6) is -0.520. The van der Waals surface area contributed by atoms with Gasteiger partial charge >= 0.3 is 0 Å². The zero-order valence-corrected chi connectivity index (χ0v) is 29.4. The van der Waals surface area contributed by atoms with Gasteiger partial charge in [0.25, 0.3) is 0 Å². The lowest BCUT2D eigenvalue weighted by atomic mass is 9.34. The van der Waals surface area contributed by atoms with E-state index < -0.39 is 78.2 Å². The Bertz CT molecular complexity index is 1150. The van der Waals surface area contributed by atoms with Gasteiger partial charge in [0.2, 0.25) is 0 Å². The van der Waals surface area contributed by atoms with Gasteiger partial charge in [0.15, 0.2) is 6.29 Å². The molecule has 4 aliphatic carbocycles. The van der Waals surface area contributed by atoms with Crippen molar-refractivity contribution in [1.29, 1.82) is 0 Å². The maximum Gasteiger partial charge on any atom is 0.187 e. The highest BCUT2D eigenvalue weighted by molar-refractivity contribution is 5.21. The SMILES string of the molecule is C=C(C)C(CCC(C)(OC1OC(CO)C(O)C(O)C1O)C1CCC2(C)C1C(O)CC1C3(C)CCC(O)C(C)(C)C3C(O)CC12C)OO. The van der Waals surface area contributed by atoms with Crippen molar-refractivity contribution in [2.45, 2.75) is 161 Å². The molecule has 1 saturated heterocycles. The number of aliphatic hydroxyl groups excluding tert-OH is 7. The van der Waals surface area contributed by atoms with E-state index in [1.165, 1.54) is 0 Å². The molecular weight excluding hydrogens is 608 g/mol. The third kappa shape index (κ3) is 5.68. The molecule has 8 N–H and O–H groups in total. The first-order valence-corrected chi connectivity index (χ1v) is 17.7. The van der Waals surface area contributed by atoms with E-state index >= 15 is 0 Å². The largest absolute Gasteiger partial charge is 0.394 e. The summed E-state index contributed by atoms with van der Waals surface area (Å²) in [5, 5.41) is 86.7. The topological polar surface area (TPSA) is 190 Å². The van der Waals surface area contributed by atoms with Crippen LogP contribution in [-0.2, 0) is 14.4 Å². The Morgan fingerprint density at radius 2 is 1.60 bits per heavy atom. The van der Waals surface area contributed by atoms with E-state index in [1.54, 1.807) is 6.92 Å². The molecule has 5 fully saturated rings. The summed E-state index contributed by atoms with van der Waals surface area (Å²) in [7, 11) is 0. The van der Waals surface area contributed by atoms with Gasteiger partial charge in [0.1, 0.15) is 30.5 Å². The summed E-state index contributed by atoms with van der Waals surface area (Å²) in [4.78, 5) is 4.74. The van der Waals surface area contributed by atoms with Crippen molar-refractivity contribution in [3.63, 3.8) is 0 Å². The van der Waals surface area contributed by atoms with Crippen molar-refractivity contribution in [2.24, 2.45) is 45.3 Å². The van der Waals surface area contributed by atoms with Crippen LogP contribution < -0.4 is 0 Å². The molecule has 4 saturated carbocycles. The Labute approximate surface area is 279 Å². The molecule has 0 aromatic heterocycles. The minimum Gasteiger partial charge on any atom is -0.394 e. The predicted molar refractivity (Wildman–Crippen MR) is 173 cm³/mol. The van der Waals surface area contributed by atoms with Crippen LogP contribution in [0.4, 0.5) is 0 Å². The average molecular weight is 671 g/mol. The van der Waals surface area contributed by atoms with Crippen molar-refractivity contribution in [3.8, 4) is 0 Å². The fourth-order valence-corrected chi connectivity index (χ4v) is 12.2. The molecule has 11 nitrogen and oxygen atoms in total. The van der Waals surface area contributed by atoms with E-state index in [0.29, 0.717) is 44.1 Å². The van der Waals surface area contributed by atoms with Gasteiger partial charge in [0.05, 0.1) is 30.5 Å². The van der Waals surface area contributed by atoms with Crippen LogP contribution in [0.2, 0.25) is 0 Å². The normalized spacial score (nSPS) is 51.3. The molecule has 0 spiro atoms. The van der Waals surface area contributed by atoms with Gasteiger partial charge in [-0.2, -0.15) is 0 Å². The van der Waals surface area contributed by atoms with Gasteiger partial charge in [-0.3, -0.25) is 5.26 Å². The summed E-state index contributed by atoms with van der Waals surface area (Å²) >= 11 is 0. The molecule has 17 unspecified atom stereocenters. The van der Waals surface area contributed by atoms with Crippen LogP contribution >= 0.6 is 0 Å². The molecule has 0 aromatic carbocycles. The first-order chi connectivity index (χ1) is 21.7. The highest BCUT2D eigenvalue weighted by atomic mass is 17.1. The molecular formula is C36H62O11. The van der Waals surface area contributed by atoms with Gasteiger partial charge in [-0.25, -0.2) is 4.89 Å². The molecule has 11 heteroatoms. The molecule has 0 aromatic rings. The number of hydrogen-bond acceptors (Lipinski definition) is 11. The van der Waals surface area contributed by atoms with Crippen molar-refractivity contribution in [2.75, 3.05) is 6.61 Å². The molecule has 47 heavy (non-hydrogen) atoms. The monoisotopic (exact) mass is 670 g/mol. The summed E-state index contributed by atoms with van der Waals surface area (Å²) in [6.07, 6.45) is -5.16. The van der Waals surface area contributed by atoms with Gasteiger partial charge in [-0.1, -0.05) is 41.2 Å². The van der Waals surface area contributed by atoms with Crippen LogP contribution in [-0.4, -0.2) is 108 Å². The second kappa shape index (κ2) is 12.8. The third-order valence-corrected chi connectivity index (χ3v) is 14.8. The van der Waals surface area contributed by atoms with Crippen LogP contribution in [0.25, 0.3) is 0 Å². The average Bonchev–Trinajstić information content (AvgIpc) is 3.37. The molecule has 5 aliphatic rings. The maximum absolute atomic E-state index is 12.3. The zero-order valence-electron chi connectivity index (χ0n) is 29.4. The van der Waals surface area contributed by atoms with E-state index in [2.05, 4.69) is 41.2 Å². The van der Waals surface area contributed by atoms with Crippen LogP contribution in [0.1, 0.15) is 99.8 Å². The van der Waals surface area contributed by atoms with E-state index in [1.807, 2.05) is 6.92 Å². The molecule has 0 amide bonds. The quantitative estimate of drug-likeness (QED) is 0.102. The van der Waals surface area contributed by atoms with E-state index in [4.69, 9.17) is 14.4 Å². The van der Waals surface area contributed by atoms with Gasteiger partial charge in [0, 0.05) is 0 Å². The highest BCUT2D eigenvalue weighted by Crippen LogP contribution is 2.76. The second-order valence-corrected chi connectivity index (χ2v) is 17.6. The van der Waals surface area contributed by atoms with Crippen molar-refractivity contribution in [1.82, 2.24) is 0 Å². The summed E-state index contributed by atoms with van der Waals surface area (Å²) in [6.45, 7) is 17.9. The molecule has 5 rings (SSSR count). The lowest BCUT2D eigenvalue weighted by Gasteiger charge is -2.71. The zero-order chi connectivity index (χ0) is 35.1. The number of ether oxygens (including phenoxy) is 2. The summed E-state index contributed by atoms with van der Waals surface area (Å²) in [6, 6.07) is 0. The lowest BCUT2D eigenvalue weighted by Crippen LogP contribution is -2.70. The molecule has 0 bridgehead atoms. The fourth-order valence-electron chi connectivity index (χ4n) is 12.2. The number of fused-ring (bicyclic) bond motifs is 5. The van der Waals surface area contributed by atoms with Crippen LogP contribution in [0.3, 0.4) is 0 Å². The first-order valence-electron chi connectivity index (χ1n) is 17.7. The van der Waals surface area contributed by atoms with E-state index in [9.17, 15) is 41.0 Å². The van der Waals surface area contributed by atoms with Crippen molar-refractivity contribution < 1.29 is 55.4 Å². The molecule has 1 aliphatic heterocycles. The van der Waals surface area contributed by atoms with Gasteiger partial charge in [-0.15, -0.1) is 0 Å². The van der Waals surface area contributed by atoms with Crippen molar-refractivity contribution in [3.05, 3.63) is 12.2 Å². The minimum atomic E-state index is -1.61. The Morgan fingerprint density at radius 3 is 2.19 bits per heavy atom. The van der Waals surface area contributed by atoms with Crippen LogP contribution in [0.5, 0.6) is 0 Å². The molecule has 0 radical (unpaired) electrons. The lowest BCUT2D eigenvalue weighted by molar-refractivity contribution is -0.338. The van der Waals surface area contributed by atoms with Gasteiger partial charge < -0.3 is 45.2 Å². The van der Waals surface area contributed by atoms with Crippen molar-refractivity contribution >= 4 is 0 Å². The van der Waals surface area contributed by atoms with E-state index in [-0.39, 0.29) is 34.5 Å². The van der Waals surface area contributed by atoms with Crippen LogP contribution in [0, 0.1) is 45.3 Å². The smallest absolute Gasteiger partial charge is 0.187 e. The van der Waals surface area contributed by atoms with E-state index in [0.717, 1.165) is 12.8 Å². The highest BCUT2D eigenvalue weighted by Gasteiger charge is 2.73. The number of aliphatic hydroxyl groups is 7. The maximum atomic E-state index is 12.3. The summed E-state index contributed by atoms with van der Waals surface area (Å²) < 4.78 is 12.5. The Kier molecular flexibility index (Phi) is 10.2.